The first-order valence-electron chi connectivity index (χ1n) is 14.4. The molecule has 0 amide bonds. The SMILES string of the molecule is COC(=O)/C=C/[C@H](C)[C@@H](OCc1ccc(OC)c(OC)c1)[C@H](C)CO[Si](c1ccccc1)(c1ccccc1)C(C)(C)C. The van der Waals surface area contributed by atoms with E-state index in [0.29, 0.717) is 24.7 Å². The Labute approximate surface area is 252 Å². The topological polar surface area (TPSA) is 63.2 Å². The van der Waals surface area contributed by atoms with E-state index in [0.717, 1.165) is 5.56 Å². The second-order valence-electron chi connectivity index (χ2n) is 11.7. The summed E-state index contributed by atoms with van der Waals surface area (Å²) in [7, 11) is 1.89. The first kappa shape index (κ1) is 33.1. The van der Waals surface area contributed by atoms with E-state index in [9.17, 15) is 4.79 Å². The Morgan fingerprint density at radius 3 is 1.90 bits per heavy atom. The lowest BCUT2D eigenvalue weighted by Crippen LogP contribution is -2.67. The van der Waals surface area contributed by atoms with Crippen LogP contribution in [0.2, 0.25) is 5.04 Å². The van der Waals surface area contributed by atoms with E-state index in [1.807, 2.05) is 36.4 Å². The second-order valence-corrected chi connectivity index (χ2v) is 16.0. The molecule has 3 atom stereocenters. The van der Waals surface area contributed by atoms with Crippen LogP contribution < -0.4 is 19.8 Å². The van der Waals surface area contributed by atoms with Gasteiger partial charge in [-0.05, 0) is 33.1 Å². The zero-order chi connectivity index (χ0) is 30.8. The van der Waals surface area contributed by atoms with Gasteiger partial charge in [0.15, 0.2) is 11.5 Å². The Balaban J connectivity index is 1.94. The van der Waals surface area contributed by atoms with Crippen LogP contribution in [0.4, 0.5) is 0 Å². The zero-order valence-electron chi connectivity index (χ0n) is 26.3. The van der Waals surface area contributed by atoms with Crippen LogP contribution in [0.25, 0.3) is 0 Å². The van der Waals surface area contributed by atoms with Gasteiger partial charge in [-0.1, -0.05) is 107 Å². The summed E-state index contributed by atoms with van der Waals surface area (Å²) in [6, 6.07) is 27.0. The molecule has 0 aliphatic rings. The predicted molar refractivity (Wildman–Crippen MR) is 171 cm³/mol. The molecule has 7 heteroatoms. The number of carbonyl (C=O) groups is 1. The number of carbonyl (C=O) groups excluding carboxylic acids is 1. The fraction of sp³-hybridized carbons (Fsp3) is 0.400. The van der Waals surface area contributed by atoms with Crippen molar-refractivity contribution >= 4 is 24.7 Å². The van der Waals surface area contributed by atoms with Crippen molar-refractivity contribution in [1.82, 2.24) is 0 Å². The predicted octanol–water partition coefficient (Wildman–Crippen LogP) is 6.17. The lowest BCUT2D eigenvalue weighted by atomic mass is 9.93. The van der Waals surface area contributed by atoms with Crippen molar-refractivity contribution in [2.75, 3.05) is 27.9 Å². The average Bonchev–Trinajstić information content (AvgIpc) is 3.00. The van der Waals surface area contributed by atoms with Crippen LogP contribution >= 0.6 is 0 Å². The first-order chi connectivity index (χ1) is 20.1. The molecule has 6 nitrogen and oxygen atoms in total. The van der Waals surface area contributed by atoms with Crippen LogP contribution in [0.15, 0.2) is 91.0 Å². The van der Waals surface area contributed by atoms with Crippen molar-refractivity contribution in [3.05, 3.63) is 96.6 Å². The highest BCUT2D eigenvalue weighted by Gasteiger charge is 2.50. The third-order valence-electron chi connectivity index (χ3n) is 7.69. The van der Waals surface area contributed by atoms with Gasteiger partial charge in [0, 0.05) is 24.5 Å². The highest BCUT2D eigenvalue weighted by atomic mass is 28.4. The lowest BCUT2D eigenvalue weighted by molar-refractivity contribution is -0.134. The summed E-state index contributed by atoms with van der Waals surface area (Å²) in [5, 5.41) is 2.33. The first-order valence-corrected chi connectivity index (χ1v) is 16.3. The minimum absolute atomic E-state index is 0.00379. The van der Waals surface area contributed by atoms with Crippen molar-refractivity contribution < 1.29 is 28.2 Å². The lowest BCUT2D eigenvalue weighted by Gasteiger charge is -2.44. The van der Waals surface area contributed by atoms with E-state index in [-0.39, 0.29) is 23.0 Å². The number of ether oxygens (including phenoxy) is 4. The molecule has 0 spiro atoms. The molecule has 0 aliphatic carbocycles. The fourth-order valence-electron chi connectivity index (χ4n) is 5.52. The standard InChI is InChI=1S/C35H46O6Si/c1-26(19-22-33(36)39-8)34(40-25-28-20-21-31(37-6)32(23-28)38-7)27(2)24-41-42(35(3,4)5,29-15-11-9-12-16-29)30-17-13-10-14-18-30/h9-23,26-27,34H,24-25H2,1-8H3/b22-19+/t26-,27+,34+/m0/s1. The summed E-state index contributed by atoms with van der Waals surface area (Å²) >= 11 is 0. The molecule has 0 fully saturated rings. The molecule has 0 aromatic heterocycles. The van der Waals surface area contributed by atoms with E-state index in [2.05, 4.69) is 83.1 Å². The van der Waals surface area contributed by atoms with Gasteiger partial charge in [-0.15, -0.1) is 0 Å². The van der Waals surface area contributed by atoms with Gasteiger partial charge in [0.05, 0.1) is 34.0 Å². The molecule has 0 unspecified atom stereocenters. The maximum atomic E-state index is 11.9. The normalized spacial score (nSPS) is 14.3. The maximum Gasteiger partial charge on any atom is 0.330 e. The summed E-state index contributed by atoms with van der Waals surface area (Å²) in [6.07, 6.45) is 3.08. The molecule has 0 N–H and O–H groups in total. The minimum Gasteiger partial charge on any atom is -0.493 e. The van der Waals surface area contributed by atoms with Gasteiger partial charge in [0.1, 0.15) is 0 Å². The highest BCUT2D eigenvalue weighted by molar-refractivity contribution is 6.99. The van der Waals surface area contributed by atoms with Crippen LogP contribution in [-0.4, -0.2) is 48.3 Å². The van der Waals surface area contributed by atoms with Gasteiger partial charge in [-0.2, -0.15) is 0 Å². The van der Waals surface area contributed by atoms with E-state index < -0.39 is 14.3 Å². The van der Waals surface area contributed by atoms with Crippen molar-refractivity contribution in [3.8, 4) is 11.5 Å². The summed E-state index contributed by atoms with van der Waals surface area (Å²) in [4.78, 5) is 11.9. The molecule has 226 valence electrons. The maximum absolute atomic E-state index is 11.9. The zero-order valence-corrected chi connectivity index (χ0v) is 27.3. The number of esters is 1. The Morgan fingerprint density at radius 1 is 0.833 bits per heavy atom. The third kappa shape index (κ3) is 7.91. The van der Waals surface area contributed by atoms with E-state index in [4.69, 9.17) is 23.4 Å². The molecule has 0 saturated carbocycles. The molecule has 3 aromatic rings. The van der Waals surface area contributed by atoms with Crippen molar-refractivity contribution in [2.24, 2.45) is 11.8 Å². The summed E-state index contributed by atoms with van der Waals surface area (Å²) in [5.74, 6) is 0.846. The van der Waals surface area contributed by atoms with Crippen LogP contribution in [0.1, 0.15) is 40.2 Å². The number of hydrogen-bond donors (Lipinski definition) is 0. The molecule has 3 aromatic carbocycles. The summed E-state index contributed by atoms with van der Waals surface area (Å²) < 4.78 is 29.5. The van der Waals surface area contributed by atoms with Crippen LogP contribution in [0.5, 0.6) is 11.5 Å². The Hall–Kier alpha value is -3.39. The summed E-state index contributed by atoms with van der Waals surface area (Å²) in [6.45, 7) is 11.9. The third-order valence-corrected chi connectivity index (χ3v) is 12.7. The number of methoxy groups -OCH3 is 3. The molecule has 0 saturated heterocycles. The number of hydrogen-bond acceptors (Lipinski definition) is 6. The highest BCUT2D eigenvalue weighted by Crippen LogP contribution is 2.37. The quantitative estimate of drug-likeness (QED) is 0.127. The van der Waals surface area contributed by atoms with Crippen LogP contribution in [0, 0.1) is 11.8 Å². The molecule has 0 radical (unpaired) electrons. The van der Waals surface area contributed by atoms with Crippen LogP contribution in [-0.2, 0) is 25.3 Å². The Morgan fingerprint density at radius 2 is 1.40 bits per heavy atom. The Kier molecular flexibility index (Phi) is 12.0. The molecule has 0 aliphatic heterocycles. The van der Waals surface area contributed by atoms with Gasteiger partial charge in [0.2, 0.25) is 0 Å². The smallest absolute Gasteiger partial charge is 0.330 e. The minimum atomic E-state index is -2.72. The number of benzene rings is 3. The molecular formula is C35H46O6Si. The largest absolute Gasteiger partial charge is 0.493 e. The molecule has 42 heavy (non-hydrogen) atoms. The van der Waals surface area contributed by atoms with E-state index >= 15 is 0 Å². The van der Waals surface area contributed by atoms with Crippen molar-refractivity contribution in [1.29, 1.82) is 0 Å². The van der Waals surface area contributed by atoms with Gasteiger partial charge >= 0.3 is 5.97 Å². The summed E-state index contributed by atoms with van der Waals surface area (Å²) in [5.41, 5.74) is 0.960. The van der Waals surface area contributed by atoms with Gasteiger partial charge in [-0.25, -0.2) is 4.79 Å². The van der Waals surface area contributed by atoms with Gasteiger partial charge in [0.25, 0.3) is 8.32 Å². The molecule has 0 bridgehead atoms. The van der Waals surface area contributed by atoms with Crippen molar-refractivity contribution in [2.45, 2.75) is 52.4 Å². The van der Waals surface area contributed by atoms with Gasteiger partial charge in [-0.3, -0.25) is 0 Å². The molecule has 3 rings (SSSR count). The van der Waals surface area contributed by atoms with Crippen molar-refractivity contribution in [3.63, 3.8) is 0 Å². The fourth-order valence-corrected chi connectivity index (χ4v) is 10.2. The Bertz CT molecular complexity index is 1250. The van der Waals surface area contributed by atoms with E-state index in [1.54, 1.807) is 14.2 Å². The molecule has 0 heterocycles. The second kappa shape index (κ2) is 15.2. The molecular weight excluding hydrogens is 544 g/mol. The average molecular weight is 591 g/mol. The van der Waals surface area contributed by atoms with Gasteiger partial charge < -0.3 is 23.4 Å². The monoisotopic (exact) mass is 590 g/mol. The van der Waals surface area contributed by atoms with E-state index in [1.165, 1.54) is 23.6 Å². The number of rotatable bonds is 14. The van der Waals surface area contributed by atoms with Crippen LogP contribution in [0.3, 0.4) is 0 Å².